The number of esters is 1. The normalized spacial score (nSPS) is 16.4. The zero-order valence-corrected chi connectivity index (χ0v) is 17.5. The molecule has 1 aromatic heterocycles. The Kier molecular flexibility index (Phi) is 3.70. The van der Waals surface area contributed by atoms with Crippen LogP contribution in [0.25, 0.3) is 21.8 Å². The number of ether oxygens (including phenoxy) is 1. The van der Waals surface area contributed by atoms with Crippen LogP contribution in [0.1, 0.15) is 48.9 Å². The summed E-state index contributed by atoms with van der Waals surface area (Å²) >= 11 is 0. The number of aryl methyl sites for hydroxylation is 2. The molecule has 3 aromatic carbocycles. The van der Waals surface area contributed by atoms with Gasteiger partial charge in [0.1, 0.15) is 11.7 Å². The molecular formula is C26H25NO2. The first kappa shape index (κ1) is 18.0. The van der Waals surface area contributed by atoms with Gasteiger partial charge in [-0.25, -0.2) is 0 Å². The second-order valence-electron chi connectivity index (χ2n) is 9.19. The molecule has 0 aliphatic carbocycles. The van der Waals surface area contributed by atoms with Gasteiger partial charge in [0.15, 0.2) is 0 Å². The van der Waals surface area contributed by atoms with Crippen molar-refractivity contribution in [1.82, 2.24) is 4.57 Å². The summed E-state index contributed by atoms with van der Waals surface area (Å²) in [6.07, 6.45) is 0. The summed E-state index contributed by atoms with van der Waals surface area (Å²) in [6.45, 7) is 8.56. The zero-order valence-electron chi connectivity index (χ0n) is 17.5. The van der Waals surface area contributed by atoms with Crippen LogP contribution < -0.4 is 4.74 Å². The Morgan fingerprint density at radius 3 is 2.41 bits per heavy atom. The van der Waals surface area contributed by atoms with Crippen molar-refractivity contribution in [2.24, 2.45) is 7.05 Å². The number of fused-ring (bicyclic) bond motifs is 4. The van der Waals surface area contributed by atoms with E-state index in [0.29, 0.717) is 0 Å². The van der Waals surface area contributed by atoms with E-state index in [9.17, 15) is 4.79 Å². The minimum atomic E-state index is -0.380. The average Bonchev–Trinajstić information content (AvgIpc) is 3.14. The Bertz CT molecular complexity index is 1300. The molecule has 3 heteroatoms. The number of benzene rings is 3. The van der Waals surface area contributed by atoms with Crippen molar-refractivity contribution in [3.05, 3.63) is 76.9 Å². The van der Waals surface area contributed by atoms with Crippen LogP contribution in [-0.4, -0.2) is 10.5 Å². The highest BCUT2D eigenvalue weighted by Crippen LogP contribution is 2.46. The lowest BCUT2D eigenvalue weighted by Crippen LogP contribution is -2.13. The largest absolute Gasteiger partial charge is 0.425 e. The molecule has 0 saturated carbocycles. The van der Waals surface area contributed by atoms with Crippen molar-refractivity contribution in [2.45, 2.75) is 39.0 Å². The number of aromatic nitrogens is 1. The van der Waals surface area contributed by atoms with E-state index in [-0.39, 0.29) is 17.3 Å². The summed E-state index contributed by atoms with van der Waals surface area (Å²) in [7, 11) is 2.09. The minimum Gasteiger partial charge on any atom is -0.425 e. The van der Waals surface area contributed by atoms with Crippen molar-refractivity contribution in [3.8, 4) is 5.75 Å². The summed E-state index contributed by atoms with van der Waals surface area (Å²) in [5, 5.41) is 2.38. The van der Waals surface area contributed by atoms with E-state index in [0.717, 1.165) is 28.0 Å². The fourth-order valence-corrected chi connectivity index (χ4v) is 4.65. The molecule has 0 saturated heterocycles. The van der Waals surface area contributed by atoms with Crippen molar-refractivity contribution >= 4 is 27.8 Å². The van der Waals surface area contributed by atoms with Crippen molar-refractivity contribution in [3.63, 3.8) is 0 Å². The Morgan fingerprint density at radius 2 is 1.66 bits per heavy atom. The van der Waals surface area contributed by atoms with E-state index in [2.05, 4.69) is 93.9 Å². The molecule has 1 atom stereocenters. The molecule has 0 bridgehead atoms. The summed E-state index contributed by atoms with van der Waals surface area (Å²) in [6, 6.07) is 19.0. The second-order valence-corrected chi connectivity index (χ2v) is 9.19. The van der Waals surface area contributed by atoms with Gasteiger partial charge in [0.05, 0.1) is 0 Å². The molecule has 29 heavy (non-hydrogen) atoms. The molecule has 146 valence electrons. The molecule has 1 aliphatic heterocycles. The Morgan fingerprint density at radius 1 is 0.931 bits per heavy atom. The number of hydrogen-bond acceptors (Lipinski definition) is 2. The number of rotatable bonds is 1. The number of para-hydroxylation sites is 1. The SMILES string of the molecule is Cc1cc2c(c(C(C)(C)C)c1)OC(=O)C2c1ccc2c(c1)c1ccccc1n2C. The van der Waals surface area contributed by atoms with Gasteiger partial charge in [0.2, 0.25) is 0 Å². The molecular weight excluding hydrogens is 358 g/mol. The van der Waals surface area contributed by atoms with Crippen LogP contribution in [0.4, 0.5) is 0 Å². The Hall–Kier alpha value is -3.07. The third-order valence-electron chi connectivity index (χ3n) is 6.09. The van der Waals surface area contributed by atoms with Crippen LogP contribution in [0.2, 0.25) is 0 Å². The fraction of sp³-hybridized carbons (Fsp3) is 0.269. The number of hydrogen-bond donors (Lipinski definition) is 0. The van der Waals surface area contributed by atoms with E-state index >= 15 is 0 Å². The van der Waals surface area contributed by atoms with Gasteiger partial charge in [0, 0.05) is 40.0 Å². The maximum Gasteiger partial charge on any atom is 0.323 e. The standard InChI is InChI=1S/C26H25NO2/c1-15-12-19-23(25(28)29-24(19)20(13-15)26(2,3)4)16-10-11-22-18(14-16)17-8-6-7-9-21(17)27(22)5/h6-14,23H,1-5H3. The first-order chi connectivity index (χ1) is 13.8. The topological polar surface area (TPSA) is 31.2 Å². The summed E-state index contributed by atoms with van der Waals surface area (Å²) in [5.41, 5.74) is 6.49. The predicted octanol–water partition coefficient (Wildman–Crippen LogP) is 5.99. The van der Waals surface area contributed by atoms with Crippen LogP contribution in [0.15, 0.2) is 54.6 Å². The third-order valence-corrected chi connectivity index (χ3v) is 6.09. The van der Waals surface area contributed by atoms with Gasteiger partial charge in [-0.1, -0.05) is 62.7 Å². The van der Waals surface area contributed by atoms with Crippen molar-refractivity contribution in [2.75, 3.05) is 0 Å². The van der Waals surface area contributed by atoms with Gasteiger partial charge < -0.3 is 9.30 Å². The molecule has 0 amide bonds. The van der Waals surface area contributed by atoms with E-state index < -0.39 is 0 Å². The first-order valence-electron chi connectivity index (χ1n) is 10.1. The van der Waals surface area contributed by atoms with Crippen LogP contribution in [0.3, 0.4) is 0 Å². The second kappa shape index (κ2) is 5.96. The molecule has 0 N–H and O–H groups in total. The molecule has 3 nitrogen and oxygen atoms in total. The molecule has 0 spiro atoms. The smallest absolute Gasteiger partial charge is 0.323 e. The lowest BCUT2D eigenvalue weighted by Gasteiger charge is -2.22. The molecule has 0 radical (unpaired) electrons. The van der Waals surface area contributed by atoms with Crippen LogP contribution in [-0.2, 0) is 17.3 Å². The lowest BCUT2D eigenvalue weighted by molar-refractivity contribution is -0.133. The third kappa shape index (κ3) is 2.61. The highest BCUT2D eigenvalue weighted by Gasteiger charge is 2.38. The molecule has 5 rings (SSSR count). The molecule has 0 fully saturated rings. The van der Waals surface area contributed by atoms with Gasteiger partial charge >= 0.3 is 5.97 Å². The number of carbonyl (C=O) groups is 1. The van der Waals surface area contributed by atoms with Gasteiger partial charge in [-0.05, 0) is 36.1 Å². The van der Waals surface area contributed by atoms with E-state index in [1.807, 2.05) is 0 Å². The van der Waals surface area contributed by atoms with Crippen LogP contribution >= 0.6 is 0 Å². The van der Waals surface area contributed by atoms with E-state index in [1.54, 1.807) is 0 Å². The fourth-order valence-electron chi connectivity index (χ4n) is 4.65. The maximum absolute atomic E-state index is 13.0. The quantitative estimate of drug-likeness (QED) is 0.299. The Labute approximate surface area is 170 Å². The number of carbonyl (C=O) groups excluding carboxylic acids is 1. The highest BCUT2D eigenvalue weighted by atomic mass is 16.5. The van der Waals surface area contributed by atoms with E-state index in [1.165, 1.54) is 21.8 Å². The lowest BCUT2D eigenvalue weighted by atomic mass is 9.82. The predicted molar refractivity (Wildman–Crippen MR) is 118 cm³/mol. The van der Waals surface area contributed by atoms with Crippen LogP contribution in [0.5, 0.6) is 5.75 Å². The molecule has 2 heterocycles. The van der Waals surface area contributed by atoms with Gasteiger partial charge in [-0.3, -0.25) is 4.79 Å². The summed E-state index contributed by atoms with van der Waals surface area (Å²) < 4.78 is 8.05. The molecule has 1 unspecified atom stereocenters. The summed E-state index contributed by atoms with van der Waals surface area (Å²) in [5.74, 6) is 0.182. The van der Waals surface area contributed by atoms with Gasteiger partial charge in [-0.2, -0.15) is 0 Å². The minimum absolute atomic E-state index is 0.0924. The maximum atomic E-state index is 13.0. The average molecular weight is 383 g/mol. The van der Waals surface area contributed by atoms with Crippen molar-refractivity contribution < 1.29 is 9.53 Å². The monoisotopic (exact) mass is 383 g/mol. The van der Waals surface area contributed by atoms with Gasteiger partial charge in [-0.15, -0.1) is 0 Å². The molecule has 1 aliphatic rings. The summed E-state index contributed by atoms with van der Waals surface area (Å²) in [4.78, 5) is 13.0. The number of nitrogens with zero attached hydrogens (tertiary/aromatic N) is 1. The van der Waals surface area contributed by atoms with E-state index in [4.69, 9.17) is 4.74 Å². The zero-order chi connectivity index (χ0) is 20.5. The van der Waals surface area contributed by atoms with Crippen LogP contribution in [0, 0.1) is 6.92 Å². The first-order valence-corrected chi connectivity index (χ1v) is 10.1. The van der Waals surface area contributed by atoms with Crippen molar-refractivity contribution in [1.29, 1.82) is 0 Å². The van der Waals surface area contributed by atoms with Gasteiger partial charge in [0.25, 0.3) is 0 Å². The Balaban J connectivity index is 1.74. The highest BCUT2D eigenvalue weighted by molar-refractivity contribution is 6.08. The molecule has 4 aromatic rings.